The molecule has 8 heteroatoms. The molecule has 1 aromatic rings. The van der Waals surface area contributed by atoms with Crippen LogP contribution in [-0.4, -0.2) is 32.8 Å². The van der Waals surface area contributed by atoms with E-state index < -0.39 is 15.9 Å². The zero-order valence-electron chi connectivity index (χ0n) is 10.5. The second-order valence-corrected chi connectivity index (χ2v) is 6.38. The Bertz CT molecular complexity index is 602. The highest BCUT2D eigenvalue weighted by Gasteiger charge is 2.21. The minimum absolute atomic E-state index is 0.0158. The standard InChI is InChI=1S/C11H14Cl2N2O3S/c1-3-4-15(2)11(16)8-5-7(19(14,17)18)6-9(12)10(8)13/h5-6H,3-4H2,1-2H3,(H2,14,17,18). The molecule has 0 bridgehead atoms. The van der Waals surface area contributed by atoms with Gasteiger partial charge in [0.1, 0.15) is 0 Å². The van der Waals surface area contributed by atoms with E-state index in [2.05, 4.69) is 0 Å². The minimum atomic E-state index is -3.95. The minimum Gasteiger partial charge on any atom is -0.342 e. The summed E-state index contributed by atoms with van der Waals surface area (Å²) in [4.78, 5) is 13.3. The zero-order valence-corrected chi connectivity index (χ0v) is 12.8. The van der Waals surface area contributed by atoms with Gasteiger partial charge in [0.05, 0.1) is 20.5 Å². The molecule has 1 amide bonds. The van der Waals surface area contributed by atoms with Crippen molar-refractivity contribution < 1.29 is 13.2 Å². The van der Waals surface area contributed by atoms with Gasteiger partial charge in [-0.1, -0.05) is 30.1 Å². The molecular weight excluding hydrogens is 311 g/mol. The number of nitrogens with two attached hydrogens (primary N) is 1. The molecule has 0 heterocycles. The molecule has 0 aliphatic rings. The zero-order chi connectivity index (χ0) is 14.8. The molecule has 1 rings (SSSR count). The summed E-state index contributed by atoms with van der Waals surface area (Å²) in [5.74, 6) is -0.403. The van der Waals surface area contributed by atoms with E-state index in [1.165, 1.54) is 4.90 Å². The van der Waals surface area contributed by atoms with Crippen LogP contribution in [0.5, 0.6) is 0 Å². The molecule has 0 spiro atoms. The molecule has 0 aliphatic heterocycles. The number of amides is 1. The SMILES string of the molecule is CCCN(C)C(=O)c1cc(S(N)(=O)=O)cc(Cl)c1Cl. The molecule has 0 saturated heterocycles. The number of benzene rings is 1. The number of rotatable bonds is 4. The fourth-order valence-corrected chi connectivity index (χ4v) is 2.56. The van der Waals surface area contributed by atoms with Crippen LogP contribution in [-0.2, 0) is 10.0 Å². The summed E-state index contributed by atoms with van der Waals surface area (Å²) in [5, 5.41) is 5.01. The Labute approximate surface area is 122 Å². The van der Waals surface area contributed by atoms with Crippen molar-refractivity contribution in [2.75, 3.05) is 13.6 Å². The summed E-state index contributed by atoms with van der Waals surface area (Å²) in [6.45, 7) is 2.44. The Morgan fingerprint density at radius 3 is 2.42 bits per heavy atom. The smallest absolute Gasteiger partial charge is 0.255 e. The molecular formula is C11H14Cl2N2O3S. The van der Waals surface area contributed by atoms with E-state index in [1.54, 1.807) is 7.05 Å². The summed E-state index contributed by atoms with van der Waals surface area (Å²) in [5.41, 5.74) is 0.0224. The first-order valence-corrected chi connectivity index (χ1v) is 7.76. The van der Waals surface area contributed by atoms with Gasteiger partial charge in [-0.15, -0.1) is 0 Å². The predicted octanol–water partition coefficient (Wildman–Crippen LogP) is 2.12. The van der Waals surface area contributed by atoms with Crippen LogP contribution < -0.4 is 5.14 Å². The molecule has 1 aromatic carbocycles. The molecule has 0 saturated carbocycles. The molecule has 106 valence electrons. The number of hydrogen-bond acceptors (Lipinski definition) is 3. The Balaban J connectivity index is 3.35. The van der Waals surface area contributed by atoms with Crippen LogP contribution in [0.1, 0.15) is 23.7 Å². The lowest BCUT2D eigenvalue weighted by atomic mass is 10.2. The predicted molar refractivity (Wildman–Crippen MR) is 75.1 cm³/mol. The number of nitrogens with zero attached hydrogens (tertiary/aromatic N) is 1. The van der Waals surface area contributed by atoms with Crippen LogP contribution in [0.25, 0.3) is 0 Å². The summed E-state index contributed by atoms with van der Waals surface area (Å²) >= 11 is 11.8. The van der Waals surface area contributed by atoms with Crippen molar-refractivity contribution in [3.05, 3.63) is 27.7 Å². The maximum Gasteiger partial charge on any atom is 0.255 e. The first kappa shape index (κ1) is 16.2. The average molecular weight is 325 g/mol. The van der Waals surface area contributed by atoms with Crippen LogP contribution in [0, 0.1) is 0 Å². The van der Waals surface area contributed by atoms with Gasteiger partial charge in [0.2, 0.25) is 10.0 Å². The van der Waals surface area contributed by atoms with E-state index in [9.17, 15) is 13.2 Å². The highest BCUT2D eigenvalue weighted by atomic mass is 35.5. The van der Waals surface area contributed by atoms with E-state index in [0.717, 1.165) is 18.6 Å². The Kier molecular flexibility index (Phi) is 5.20. The molecule has 0 aromatic heterocycles. The lowest BCUT2D eigenvalue weighted by molar-refractivity contribution is 0.0795. The van der Waals surface area contributed by atoms with Gasteiger partial charge in [0, 0.05) is 13.6 Å². The van der Waals surface area contributed by atoms with Gasteiger partial charge in [-0.25, -0.2) is 13.6 Å². The summed E-state index contributed by atoms with van der Waals surface area (Å²) in [7, 11) is -2.35. The Morgan fingerprint density at radius 2 is 1.95 bits per heavy atom. The Morgan fingerprint density at radius 1 is 1.37 bits per heavy atom. The van der Waals surface area contributed by atoms with Gasteiger partial charge in [0.25, 0.3) is 5.91 Å². The van der Waals surface area contributed by atoms with Gasteiger partial charge >= 0.3 is 0 Å². The number of primary sulfonamides is 1. The van der Waals surface area contributed by atoms with Gasteiger partial charge in [-0.05, 0) is 18.6 Å². The van der Waals surface area contributed by atoms with Crippen molar-refractivity contribution >= 4 is 39.1 Å². The molecule has 2 N–H and O–H groups in total. The van der Waals surface area contributed by atoms with Crippen LogP contribution in [0.3, 0.4) is 0 Å². The van der Waals surface area contributed by atoms with Crippen molar-refractivity contribution in [3.8, 4) is 0 Å². The van der Waals surface area contributed by atoms with Crippen LogP contribution in [0.15, 0.2) is 17.0 Å². The Hall–Kier alpha value is -0.820. The van der Waals surface area contributed by atoms with Gasteiger partial charge in [0.15, 0.2) is 0 Å². The van der Waals surface area contributed by atoms with Crippen molar-refractivity contribution in [3.63, 3.8) is 0 Å². The number of sulfonamides is 1. The van der Waals surface area contributed by atoms with Crippen molar-refractivity contribution in [2.45, 2.75) is 18.2 Å². The third-order valence-corrected chi connectivity index (χ3v) is 4.16. The van der Waals surface area contributed by atoms with Gasteiger partial charge in [-0.3, -0.25) is 4.79 Å². The lowest BCUT2D eigenvalue weighted by Gasteiger charge is -2.17. The van der Waals surface area contributed by atoms with Crippen molar-refractivity contribution in [1.29, 1.82) is 0 Å². The molecule has 0 atom stereocenters. The summed E-state index contributed by atoms with van der Waals surface area (Å²) in [6, 6.07) is 2.26. The van der Waals surface area contributed by atoms with Crippen LogP contribution in [0.4, 0.5) is 0 Å². The fourth-order valence-electron chi connectivity index (χ4n) is 1.53. The second kappa shape index (κ2) is 6.09. The highest BCUT2D eigenvalue weighted by Crippen LogP contribution is 2.29. The van der Waals surface area contributed by atoms with E-state index >= 15 is 0 Å². The number of hydrogen-bond donors (Lipinski definition) is 1. The summed E-state index contributed by atoms with van der Waals surface area (Å²) < 4.78 is 22.6. The maximum atomic E-state index is 12.1. The second-order valence-electron chi connectivity index (χ2n) is 4.04. The first-order valence-electron chi connectivity index (χ1n) is 5.45. The summed E-state index contributed by atoms with van der Waals surface area (Å²) in [6.07, 6.45) is 0.766. The quantitative estimate of drug-likeness (QED) is 0.921. The van der Waals surface area contributed by atoms with E-state index in [-0.39, 0.29) is 20.5 Å². The molecule has 5 nitrogen and oxygen atoms in total. The molecule has 0 unspecified atom stereocenters. The third kappa shape index (κ3) is 3.82. The third-order valence-electron chi connectivity index (χ3n) is 2.47. The largest absolute Gasteiger partial charge is 0.342 e. The molecule has 0 fully saturated rings. The highest BCUT2D eigenvalue weighted by molar-refractivity contribution is 7.89. The average Bonchev–Trinajstić information content (AvgIpc) is 2.30. The first-order chi connectivity index (χ1) is 8.68. The van der Waals surface area contributed by atoms with Crippen molar-refractivity contribution in [2.24, 2.45) is 5.14 Å². The molecule has 0 radical (unpaired) electrons. The number of carbonyl (C=O) groups is 1. The lowest BCUT2D eigenvalue weighted by Crippen LogP contribution is -2.28. The monoisotopic (exact) mass is 324 g/mol. The van der Waals surface area contributed by atoms with Crippen LogP contribution in [0.2, 0.25) is 10.0 Å². The fraction of sp³-hybridized carbons (Fsp3) is 0.364. The van der Waals surface area contributed by atoms with E-state index in [4.69, 9.17) is 28.3 Å². The number of halogens is 2. The van der Waals surface area contributed by atoms with Gasteiger partial charge in [-0.2, -0.15) is 0 Å². The number of carbonyl (C=O) groups excluding carboxylic acids is 1. The normalized spacial score (nSPS) is 11.4. The molecule has 0 aliphatic carbocycles. The molecule has 19 heavy (non-hydrogen) atoms. The topological polar surface area (TPSA) is 80.5 Å². The van der Waals surface area contributed by atoms with Gasteiger partial charge < -0.3 is 4.90 Å². The van der Waals surface area contributed by atoms with Crippen molar-refractivity contribution in [1.82, 2.24) is 4.90 Å². The maximum absolute atomic E-state index is 12.1. The van der Waals surface area contributed by atoms with E-state index in [0.29, 0.717) is 6.54 Å². The van der Waals surface area contributed by atoms with E-state index in [1.807, 2.05) is 6.92 Å². The van der Waals surface area contributed by atoms with Crippen LogP contribution >= 0.6 is 23.2 Å².